The first-order chi connectivity index (χ1) is 14.9. The summed E-state index contributed by atoms with van der Waals surface area (Å²) in [6.07, 6.45) is 1.14. The van der Waals surface area contributed by atoms with Gasteiger partial charge in [0.25, 0.3) is 11.1 Å². The van der Waals surface area contributed by atoms with Gasteiger partial charge >= 0.3 is 5.69 Å². The summed E-state index contributed by atoms with van der Waals surface area (Å²) in [5.41, 5.74) is -3.14. The zero-order chi connectivity index (χ0) is 23.8. The second kappa shape index (κ2) is 8.02. The number of hydrogen-bond donors (Lipinski definition) is 2. The van der Waals surface area contributed by atoms with Gasteiger partial charge in [-0.05, 0) is 28.1 Å². The Morgan fingerprint density at radius 3 is 2.79 bits per heavy atom. The molecule has 1 aromatic carbocycles. The van der Waals surface area contributed by atoms with Crippen molar-refractivity contribution in [3.05, 3.63) is 70.4 Å². The second-order valence-corrected chi connectivity index (χ2v) is 6.91. The molecule has 0 aliphatic carbocycles. The number of rotatable bonds is 4. The van der Waals surface area contributed by atoms with Crippen molar-refractivity contribution in [2.75, 3.05) is 0 Å². The topological polar surface area (TPSA) is 147 Å². The zero-order valence-corrected chi connectivity index (χ0v) is 16.8. The summed E-state index contributed by atoms with van der Waals surface area (Å²) >= 11 is 9.51. The van der Waals surface area contributed by atoms with Crippen LogP contribution in [0.5, 0.6) is 11.6 Å². The molecule has 0 saturated carbocycles. The van der Waals surface area contributed by atoms with E-state index in [1.165, 1.54) is 19.1 Å². The van der Waals surface area contributed by atoms with Crippen molar-refractivity contribution in [3.63, 3.8) is 0 Å². The van der Waals surface area contributed by atoms with Crippen molar-refractivity contribution in [1.82, 2.24) is 24.7 Å². The predicted molar refractivity (Wildman–Crippen MR) is 107 cm³/mol. The summed E-state index contributed by atoms with van der Waals surface area (Å²) in [6.45, 7) is -1.10. The summed E-state index contributed by atoms with van der Waals surface area (Å²) in [4.78, 5) is 44.0. The van der Waals surface area contributed by atoms with Crippen LogP contribution < -0.4 is 21.5 Å². The van der Waals surface area contributed by atoms with Gasteiger partial charge in [-0.1, -0.05) is 25.4 Å². The minimum atomic E-state index is -2.45. The molecule has 12 heteroatoms. The van der Waals surface area contributed by atoms with E-state index < -0.39 is 35.3 Å². The summed E-state index contributed by atoms with van der Waals surface area (Å²) in [5, 5.41) is 12.6. The largest absolute Gasteiger partial charge is 0.435 e. The SMILES string of the molecule is [2H]C([2H])([2H])C(C)c1nc(Oc2c(Cl)cc(-n3nc(C#N)c(=O)[nH]c3=O)cc2Br)c[nH]c1=O. The molecular weight excluding hydrogens is 468 g/mol. The molecule has 0 aliphatic rings. The van der Waals surface area contributed by atoms with Crippen LogP contribution in [-0.4, -0.2) is 24.7 Å². The van der Waals surface area contributed by atoms with Crippen LogP contribution in [0.4, 0.5) is 0 Å². The highest BCUT2D eigenvalue weighted by Gasteiger charge is 2.16. The van der Waals surface area contributed by atoms with E-state index in [1.54, 1.807) is 6.07 Å². The van der Waals surface area contributed by atoms with Gasteiger partial charge in [0.15, 0.2) is 5.75 Å². The number of benzene rings is 1. The fraction of sp³-hybridized carbons (Fsp3) is 0.176. The van der Waals surface area contributed by atoms with E-state index in [9.17, 15) is 14.4 Å². The van der Waals surface area contributed by atoms with Crippen LogP contribution in [0, 0.1) is 11.3 Å². The summed E-state index contributed by atoms with van der Waals surface area (Å²) in [6, 6.07) is 4.24. The molecule has 3 aromatic rings. The fourth-order valence-corrected chi connectivity index (χ4v) is 3.16. The molecule has 0 radical (unpaired) electrons. The third-order valence-corrected chi connectivity index (χ3v) is 4.44. The molecule has 0 amide bonds. The van der Waals surface area contributed by atoms with Gasteiger partial charge in [-0.2, -0.15) is 9.94 Å². The highest BCUT2D eigenvalue weighted by Crippen LogP contribution is 2.37. The average molecular weight is 483 g/mol. The highest BCUT2D eigenvalue weighted by molar-refractivity contribution is 9.10. The lowest BCUT2D eigenvalue weighted by Gasteiger charge is -2.12. The van der Waals surface area contributed by atoms with Crippen LogP contribution in [-0.2, 0) is 0 Å². The first kappa shape index (κ1) is 16.7. The molecule has 2 N–H and O–H groups in total. The number of nitrogens with one attached hydrogen (secondary N) is 2. The molecule has 10 nitrogen and oxygen atoms in total. The number of nitriles is 1. The van der Waals surface area contributed by atoms with Crippen molar-refractivity contribution >= 4 is 27.5 Å². The summed E-state index contributed by atoms with van der Waals surface area (Å²) in [5.74, 6) is -1.24. The number of hydrogen-bond acceptors (Lipinski definition) is 7. The Bertz CT molecular complexity index is 1400. The Labute approximate surface area is 180 Å². The van der Waals surface area contributed by atoms with E-state index in [-0.39, 0.29) is 32.5 Å². The van der Waals surface area contributed by atoms with Crippen molar-refractivity contribution in [2.45, 2.75) is 19.7 Å². The molecule has 29 heavy (non-hydrogen) atoms. The monoisotopic (exact) mass is 481 g/mol. The molecular formula is C17H12BrClN6O4. The first-order valence-corrected chi connectivity index (χ1v) is 9.00. The number of ether oxygens (including phenoxy) is 1. The van der Waals surface area contributed by atoms with Crippen LogP contribution in [0.1, 0.15) is 35.2 Å². The number of aromatic nitrogens is 5. The number of halogens is 2. The van der Waals surface area contributed by atoms with E-state index in [2.05, 4.69) is 31.0 Å². The molecule has 2 heterocycles. The van der Waals surface area contributed by atoms with Crippen LogP contribution in [0.3, 0.4) is 0 Å². The maximum atomic E-state index is 12.1. The Balaban J connectivity index is 2.03. The van der Waals surface area contributed by atoms with E-state index >= 15 is 0 Å². The van der Waals surface area contributed by atoms with Gasteiger partial charge in [0.2, 0.25) is 11.6 Å². The molecule has 148 valence electrons. The predicted octanol–water partition coefficient (Wildman–Crippen LogP) is 2.21. The maximum absolute atomic E-state index is 12.1. The van der Waals surface area contributed by atoms with Crippen molar-refractivity contribution in [3.8, 4) is 23.4 Å². The van der Waals surface area contributed by atoms with Crippen LogP contribution in [0.15, 0.2) is 37.2 Å². The Hall–Kier alpha value is -3.23. The van der Waals surface area contributed by atoms with Gasteiger partial charge in [0, 0.05) is 10.0 Å². The van der Waals surface area contributed by atoms with Gasteiger partial charge in [-0.25, -0.2) is 9.78 Å². The van der Waals surface area contributed by atoms with Gasteiger partial charge in [-0.15, -0.1) is 5.10 Å². The lowest BCUT2D eigenvalue weighted by molar-refractivity contribution is 0.452. The normalized spacial score (nSPS) is 13.7. The van der Waals surface area contributed by atoms with Crippen molar-refractivity contribution in [2.24, 2.45) is 0 Å². The molecule has 0 fully saturated rings. The lowest BCUT2D eigenvalue weighted by atomic mass is 10.1. The van der Waals surface area contributed by atoms with Gasteiger partial charge < -0.3 is 9.72 Å². The smallest absolute Gasteiger partial charge is 0.349 e. The van der Waals surface area contributed by atoms with E-state index in [4.69, 9.17) is 25.7 Å². The summed E-state index contributed by atoms with van der Waals surface area (Å²) in [7, 11) is 0. The molecule has 0 aliphatic heterocycles. The Kier molecular flexibility index (Phi) is 4.62. The maximum Gasteiger partial charge on any atom is 0.349 e. The zero-order valence-electron chi connectivity index (χ0n) is 17.5. The number of aromatic amines is 2. The fourth-order valence-electron chi connectivity index (χ4n) is 2.27. The van der Waals surface area contributed by atoms with Crippen molar-refractivity contribution in [1.29, 1.82) is 5.26 Å². The van der Waals surface area contributed by atoms with Crippen molar-refractivity contribution < 1.29 is 8.85 Å². The Morgan fingerprint density at radius 1 is 1.38 bits per heavy atom. The first-order valence-electron chi connectivity index (χ1n) is 9.33. The molecule has 3 rings (SSSR count). The Morgan fingerprint density at radius 2 is 2.14 bits per heavy atom. The summed E-state index contributed by atoms with van der Waals surface area (Å²) < 4.78 is 29.1. The van der Waals surface area contributed by atoms with Crippen LogP contribution >= 0.6 is 27.5 Å². The minimum absolute atomic E-state index is 0.0220. The average Bonchev–Trinajstić information content (AvgIpc) is 2.70. The molecule has 1 atom stereocenters. The second-order valence-electron chi connectivity index (χ2n) is 5.65. The van der Waals surface area contributed by atoms with Gasteiger partial charge in [0.05, 0.1) is 21.4 Å². The molecule has 2 aromatic heterocycles. The van der Waals surface area contributed by atoms with Crippen LogP contribution in [0.25, 0.3) is 5.69 Å². The van der Waals surface area contributed by atoms with E-state index in [0.717, 1.165) is 10.9 Å². The number of H-pyrrole nitrogens is 2. The van der Waals surface area contributed by atoms with E-state index in [0.29, 0.717) is 0 Å². The lowest BCUT2D eigenvalue weighted by Crippen LogP contribution is -2.33. The minimum Gasteiger partial charge on any atom is -0.435 e. The van der Waals surface area contributed by atoms with Gasteiger partial charge in [0.1, 0.15) is 11.8 Å². The quantitative estimate of drug-likeness (QED) is 0.579. The third kappa shape index (κ3) is 4.13. The van der Waals surface area contributed by atoms with Gasteiger partial charge in [-0.3, -0.25) is 14.6 Å². The van der Waals surface area contributed by atoms with Crippen LogP contribution in [0.2, 0.25) is 5.02 Å². The van der Waals surface area contributed by atoms with E-state index in [1.807, 2.05) is 4.98 Å². The molecule has 0 bridgehead atoms. The molecule has 0 spiro atoms. The number of nitrogens with zero attached hydrogens (tertiary/aromatic N) is 4. The standard InChI is InChI=1S/C17H12BrClN6O4/c1-7(2)13-16(27)21-6-12(22-13)29-14-9(18)3-8(4-10(14)19)25-17(28)23-15(26)11(5-20)24-25/h3-4,6-7H,1-2H3,(H,21,27)(H,23,26,28)/i1D3. The highest BCUT2D eigenvalue weighted by atomic mass is 79.9. The third-order valence-electron chi connectivity index (χ3n) is 3.57. The molecule has 1 unspecified atom stereocenters. The molecule has 0 saturated heterocycles.